The van der Waals surface area contributed by atoms with Crippen LogP contribution in [0, 0.1) is 0 Å². The van der Waals surface area contributed by atoms with Gasteiger partial charge in [0.15, 0.2) is 0 Å². The van der Waals surface area contributed by atoms with Gasteiger partial charge in [-0.05, 0) is 36.2 Å². The standard InChI is InChI=1S/C14H12BrCl2NO2S/c15-11-5-6-14(13(17)9-11)21(19,20)18-8-7-10-3-1-2-4-12(10)16/h1-6,9,18H,7-8H2. The second-order valence-electron chi connectivity index (χ2n) is 4.31. The number of hydrogen-bond donors (Lipinski definition) is 1. The van der Waals surface area contributed by atoms with E-state index in [-0.39, 0.29) is 16.5 Å². The van der Waals surface area contributed by atoms with Crippen LogP contribution < -0.4 is 4.72 Å². The molecule has 0 aliphatic carbocycles. The van der Waals surface area contributed by atoms with Crippen molar-refractivity contribution in [3.63, 3.8) is 0 Å². The van der Waals surface area contributed by atoms with Crippen LogP contribution in [0.4, 0.5) is 0 Å². The third kappa shape index (κ3) is 4.44. The first-order valence-corrected chi connectivity index (χ1v) is 9.11. The zero-order valence-electron chi connectivity index (χ0n) is 10.8. The molecule has 1 N–H and O–H groups in total. The molecule has 2 aromatic carbocycles. The van der Waals surface area contributed by atoms with E-state index in [1.165, 1.54) is 6.07 Å². The average molecular weight is 409 g/mol. The Balaban J connectivity index is 2.07. The first-order chi connectivity index (χ1) is 9.90. The number of sulfonamides is 1. The molecule has 0 fully saturated rings. The number of hydrogen-bond acceptors (Lipinski definition) is 2. The van der Waals surface area contributed by atoms with Gasteiger partial charge in [0.1, 0.15) is 4.90 Å². The predicted octanol–water partition coefficient (Wildman–Crippen LogP) is 4.28. The second kappa shape index (κ2) is 7.11. The molecule has 0 saturated carbocycles. The van der Waals surface area contributed by atoms with Crippen LogP contribution in [0.1, 0.15) is 5.56 Å². The Morgan fingerprint density at radius 3 is 2.43 bits per heavy atom. The zero-order valence-corrected chi connectivity index (χ0v) is 14.7. The highest BCUT2D eigenvalue weighted by molar-refractivity contribution is 9.10. The number of benzene rings is 2. The molecule has 0 atom stereocenters. The van der Waals surface area contributed by atoms with E-state index in [0.717, 1.165) is 10.0 Å². The summed E-state index contributed by atoms with van der Waals surface area (Å²) in [6.45, 7) is 0.248. The third-order valence-corrected chi connectivity index (χ3v) is 5.63. The van der Waals surface area contributed by atoms with Crippen molar-refractivity contribution in [3.05, 3.63) is 62.5 Å². The van der Waals surface area contributed by atoms with Gasteiger partial charge in [0, 0.05) is 16.0 Å². The van der Waals surface area contributed by atoms with Crippen LogP contribution in [0.3, 0.4) is 0 Å². The molecule has 0 saturated heterocycles. The van der Waals surface area contributed by atoms with E-state index in [4.69, 9.17) is 23.2 Å². The summed E-state index contributed by atoms with van der Waals surface area (Å²) >= 11 is 15.2. The topological polar surface area (TPSA) is 46.2 Å². The van der Waals surface area contributed by atoms with E-state index in [0.29, 0.717) is 11.4 Å². The predicted molar refractivity (Wildman–Crippen MR) is 89.5 cm³/mol. The molecule has 112 valence electrons. The van der Waals surface area contributed by atoms with Gasteiger partial charge < -0.3 is 0 Å². The molecule has 2 rings (SSSR count). The van der Waals surface area contributed by atoms with Gasteiger partial charge in [-0.3, -0.25) is 0 Å². The Bertz CT molecular complexity index is 750. The van der Waals surface area contributed by atoms with Gasteiger partial charge in [-0.25, -0.2) is 13.1 Å². The van der Waals surface area contributed by atoms with Crippen molar-refractivity contribution >= 4 is 49.2 Å². The first kappa shape index (κ1) is 16.8. The third-order valence-electron chi connectivity index (χ3n) is 2.83. The van der Waals surface area contributed by atoms with Gasteiger partial charge in [0.2, 0.25) is 10.0 Å². The molecule has 0 aromatic heterocycles. The fraction of sp³-hybridized carbons (Fsp3) is 0.143. The van der Waals surface area contributed by atoms with E-state index in [9.17, 15) is 8.42 Å². The maximum atomic E-state index is 12.2. The first-order valence-electron chi connectivity index (χ1n) is 6.08. The lowest BCUT2D eigenvalue weighted by molar-refractivity contribution is 0.581. The number of halogens is 3. The minimum absolute atomic E-state index is 0.0616. The van der Waals surface area contributed by atoms with E-state index >= 15 is 0 Å². The molecule has 21 heavy (non-hydrogen) atoms. The largest absolute Gasteiger partial charge is 0.242 e. The van der Waals surface area contributed by atoms with E-state index < -0.39 is 10.0 Å². The fourth-order valence-electron chi connectivity index (χ4n) is 1.79. The highest BCUT2D eigenvalue weighted by Gasteiger charge is 2.17. The summed E-state index contributed by atoms with van der Waals surface area (Å²) in [5, 5.41) is 0.799. The molecule has 2 aromatic rings. The normalized spacial score (nSPS) is 11.6. The van der Waals surface area contributed by atoms with Crippen LogP contribution in [0.2, 0.25) is 10.0 Å². The highest BCUT2D eigenvalue weighted by atomic mass is 79.9. The maximum Gasteiger partial charge on any atom is 0.242 e. The lowest BCUT2D eigenvalue weighted by atomic mass is 10.1. The molecular weight excluding hydrogens is 397 g/mol. The van der Waals surface area contributed by atoms with E-state index in [2.05, 4.69) is 20.7 Å². The van der Waals surface area contributed by atoms with Gasteiger partial charge in [-0.1, -0.05) is 57.3 Å². The summed E-state index contributed by atoms with van der Waals surface area (Å²) in [5.74, 6) is 0. The van der Waals surface area contributed by atoms with Gasteiger partial charge in [-0.15, -0.1) is 0 Å². The second-order valence-corrected chi connectivity index (χ2v) is 7.78. The fourth-order valence-corrected chi connectivity index (χ4v) is 4.09. The van der Waals surface area contributed by atoms with Crippen LogP contribution in [0.15, 0.2) is 51.8 Å². The SMILES string of the molecule is O=S(=O)(NCCc1ccccc1Cl)c1ccc(Br)cc1Cl. The minimum atomic E-state index is -3.64. The number of nitrogens with one attached hydrogen (secondary N) is 1. The van der Waals surface area contributed by atoms with Gasteiger partial charge >= 0.3 is 0 Å². The van der Waals surface area contributed by atoms with Gasteiger partial charge in [-0.2, -0.15) is 0 Å². The molecule has 0 spiro atoms. The van der Waals surface area contributed by atoms with Crippen LogP contribution >= 0.6 is 39.1 Å². The minimum Gasteiger partial charge on any atom is -0.211 e. The van der Waals surface area contributed by atoms with Crippen molar-refractivity contribution in [1.29, 1.82) is 0 Å². The number of rotatable bonds is 5. The van der Waals surface area contributed by atoms with Crippen molar-refractivity contribution in [2.45, 2.75) is 11.3 Å². The molecule has 7 heteroatoms. The Morgan fingerprint density at radius 2 is 1.76 bits per heavy atom. The van der Waals surface area contributed by atoms with E-state index in [1.54, 1.807) is 18.2 Å². The maximum absolute atomic E-state index is 12.2. The summed E-state index contributed by atoms with van der Waals surface area (Å²) in [5.41, 5.74) is 0.892. The molecule has 3 nitrogen and oxygen atoms in total. The molecule has 0 aliphatic rings. The van der Waals surface area contributed by atoms with Crippen molar-refractivity contribution in [2.75, 3.05) is 6.54 Å². The van der Waals surface area contributed by atoms with Crippen molar-refractivity contribution in [3.8, 4) is 0 Å². The molecule has 0 bridgehead atoms. The van der Waals surface area contributed by atoms with Gasteiger partial charge in [0.25, 0.3) is 0 Å². The molecule has 0 aliphatic heterocycles. The van der Waals surface area contributed by atoms with Crippen LogP contribution in [-0.2, 0) is 16.4 Å². The summed E-state index contributed by atoms with van der Waals surface area (Å²) in [6.07, 6.45) is 0.507. The average Bonchev–Trinajstić information content (AvgIpc) is 2.40. The zero-order chi connectivity index (χ0) is 15.5. The lowest BCUT2D eigenvalue weighted by Gasteiger charge is -2.09. The van der Waals surface area contributed by atoms with Crippen molar-refractivity contribution in [1.82, 2.24) is 4.72 Å². The van der Waals surface area contributed by atoms with Crippen LogP contribution in [0.25, 0.3) is 0 Å². The Hall–Kier alpha value is -0.590. The molecule has 0 radical (unpaired) electrons. The summed E-state index contributed by atoms with van der Waals surface area (Å²) in [4.78, 5) is 0.0616. The summed E-state index contributed by atoms with van der Waals surface area (Å²) in [7, 11) is -3.64. The lowest BCUT2D eigenvalue weighted by Crippen LogP contribution is -2.26. The Morgan fingerprint density at radius 1 is 1.05 bits per heavy atom. The molecule has 0 heterocycles. The molecular formula is C14H12BrCl2NO2S. The monoisotopic (exact) mass is 407 g/mol. The summed E-state index contributed by atoms with van der Waals surface area (Å²) < 4.78 is 27.6. The summed E-state index contributed by atoms with van der Waals surface area (Å²) in [6, 6.07) is 12.0. The van der Waals surface area contributed by atoms with Gasteiger partial charge in [0.05, 0.1) is 5.02 Å². The quantitative estimate of drug-likeness (QED) is 0.802. The van der Waals surface area contributed by atoms with Crippen molar-refractivity contribution in [2.24, 2.45) is 0 Å². The highest BCUT2D eigenvalue weighted by Crippen LogP contribution is 2.25. The van der Waals surface area contributed by atoms with Crippen molar-refractivity contribution < 1.29 is 8.42 Å². The van der Waals surface area contributed by atoms with Crippen LogP contribution in [-0.4, -0.2) is 15.0 Å². The Labute approximate surface area is 142 Å². The van der Waals surface area contributed by atoms with E-state index in [1.807, 2.05) is 18.2 Å². The molecule has 0 amide bonds. The smallest absolute Gasteiger partial charge is 0.211 e. The Kier molecular flexibility index (Phi) is 5.68. The van der Waals surface area contributed by atoms with Crippen LogP contribution in [0.5, 0.6) is 0 Å². The molecule has 0 unspecified atom stereocenters.